The summed E-state index contributed by atoms with van der Waals surface area (Å²) in [4.78, 5) is 12.3. The fourth-order valence-electron chi connectivity index (χ4n) is 2.91. The number of hydrogen-bond donors (Lipinski definition) is 0. The van der Waals surface area contributed by atoms with E-state index in [2.05, 4.69) is 0 Å². The fourth-order valence-corrected chi connectivity index (χ4v) is 2.91. The molecule has 0 saturated carbocycles. The topological polar surface area (TPSA) is 62.6 Å². The number of nitriles is 1. The Morgan fingerprint density at radius 2 is 1.67 bits per heavy atom. The van der Waals surface area contributed by atoms with E-state index in [1.807, 2.05) is 0 Å². The summed E-state index contributed by atoms with van der Waals surface area (Å²) in [6.07, 6.45) is -5.15. The van der Waals surface area contributed by atoms with E-state index in [0.717, 1.165) is 42.5 Å². The number of anilines is 2. The lowest BCUT2D eigenvalue weighted by Crippen LogP contribution is -2.19. The molecule has 0 N–H and O–H groups in total. The quantitative estimate of drug-likeness (QED) is 0.326. The number of hydrogen-bond acceptors (Lipinski definition) is 4. The third kappa shape index (κ3) is 4.69. The van der Waals surface area contributed by atoms with Gasteiger partial charge >= 0.3 is 6.18 Å². The second-order valence-corrected chi connectivity index (χ2v) is 6.42. The normalized spacial score (nSPS) is 11.0. The molecule has 11 heteroatoms. The van der Waals surface area contributed by atoms with Crippen LogP contribution >= 0.6 is 0 Å². The summed E-state index contributed by atoms with van der Waals surface area (Å²) in [5.41, 5.74) is -3.52. The van der Waals surface area contributed by atoms with Gasteiger partial charge in [0.2, 0.25) is 6.41 Å². The maximum Gasteiger partial charge on any atom is 0.419 e. The third-order valence-electron chi connectivity index (χ3n) is 4.43. The van der Waals surface area contributed by atoms with E-state index >= 15 is 4.39 Å². The van der Waals surface area contributed by atoms with Gasteiger partial charge in [-0.05, 0) is 42.5 Å². The molecule has 3 rings (SSSR count). The number of carbonyl (C=O) groups is 1. The Labute approximate surface area is 183 Å². The summed E-state index contributed by atoms with van der Waals surface area (Å²) >= 11 is 0. The van der Waals surface area contributed by atoms with Crippen LogP contribution in [0.5, 0.6) is 17.2 Å². The van der Waals surface area contributed by atoms with Crippen molar-refractivity contribution in [2.75, 3.05) is 12.0 Å². The number of halogens is 6. The molecule has 5 nitrogen and oxygen atoms in total. The Bertz CT molecular complexity index is 1250. The van der Waals surface area contributed by atoms with E-state index in [1.54, 1.807) is 0 Å². The minimum Gasteiger partial charge on any atom is -0.493 e. The molecule has 170 valence electrons. The van der Waals surface area contributed by atoms with Gasteiger partial charge in [-0.3, -0.25) is 9.69 Å². The molecule has 0 radical (unpaired) electrons. The summed E-state index contributed by atoms with van der Waals surface area (Å²) in [6, 6.07) is 8.26. The SMILES string of the molecule is COc1cc(F)ccc1Oc1ccc(C(F)(F)F)c(F)c1N(C=O)c1ccc(F)c(C#N)c1. The average molecular weight is 466 g/mol. The first kappa shape index (κ1) is 23.5. The first-order chi connectivity index (χ1) is 15.6. The number of benzene rings is 3. The van der Waals surface area contributed by atoms with E-state index in [0.29, 0.717) is 11.0 Å². The predicted molar refractivity (Wildman–Crippen MR) is 104 cm³/mol. The van der Waals surface area contributed by atoms with Crippen LogP contribution in [0.3, 0.4) is 0 Å². The van der Waals surface area contributed by atoms with Gasteiger partial charge in [0.25, 0.3) is 0 Å². The predicted octanol–water partition coefficient (Wildman–Crippen LogP) is 6.09. The van der Waals surface area contributed by atoms with Crippen LogP contribution in [-0.4, -0.2) is 13.5 Å². The summed E-state index contributed by atoms with van der Waals surface area (Å²) in [6.45, 7) is 0. The van der Waals surface area contributed by atoms with Crippen molar-refractivity contribution in [2.24, 2.45) is 0 Å². The Morgan fingerprint density at radius 1 is 0.970 bits per heavy atom. The number of nitrogens with zero attached hydrogens (tertiary/aromatic N) is 2. The van der Waals surface area contributed by atoms with E-state index in [1.165, 1.54) is 13.2 Å². The molecule has 0 aromatic heterocycles. The first-order valence-corrected chi connectivity index (χ1v) is 8.96. The van der Waals surface area contributed by atoms with Gasteiger partial charge in [0.15, 0.2) is 23.1 Å². The number of rotatable bonds is 6. The van der Waals surface area contributed by atoms with Crippen LogP contribution in [0.1, 0.15) is 11.1 Å². The van der Waals surface area contributed by atoms with Crippen molar-refractivity contribution < 1.29 is 40.6 Å². The number of ether oxygens (including phenoxy) is 2. The van der Waals surface area contributed by atoms with Crippen LogP contribution in [0.2, 0.25) is 0 Å². The molecule has 0 aliphatic rings. The molecular formula is C22H12F6N2O3. The Balaban J connectivity index is 2.25. The van der Waals surface area contributed by atoms with E-state index in [9.17, 15) is 26.7 Å². The van der Waals surface area contributed by atoms with Crippen LogP contribution < -0.4 is 14.4 Å². The van der Waals surface area contributed by atoms with Crippen molar-refractivity contribution in [2.45, 2.75) is 6.18 Å². The lowest BCUT2D eigenvalue weighted by atomic mass is 10.1. The zero-order valence-electron chi connectivity index (χ0n) is 16.6. The number of amides is 1. The number of carbonyl (C=O) groups excluding carboxylic acids is 1. The molecule has 0 saturated heterocycles. The molecule has 33 heavy (non-hydrogen) atoms. The molecule has 3 aromatic rings. The van der Waals surface area contributed by atoms with Crippen molar-refractivity contribution in [1.29, 1.82) is 5.26 Å². The van der Waals surface area contributed by atoms with Gasteiger partial charge in [-0.25, -0.2) is 13.2 Å². The highest BCUT2D eigenvalue weighted by Crippen LogP contribution is 2.45. The summed E-state index contributed by atoms with van der Waals surface area (Å²) in [5.74, 6) is -4.45. The maximum absolute atomic E-state index is 15.1. The molecule has 3 aromatic carbocycles. The molecule has 1 amide bonds. The number of alkyl halides is 3. The van der Waals surface area contributed by atoms with Crippen LogP contribution in [0.4, 0.5) is 37.7 Å². The Kier molecular flexibility index (Phi) is 6.48. The third-order valence-corrected chi connectivity index (χ3v) is 4.43. The van der Waals surface area contributed by atoms with E-state index in [4.69, 9.17) is 14.7 Å². The van der Waals surface area contributed by atoms with Crippen LogP contribution in [0.25, 0.3) is 0 Å². The number of methoxy groups -OCH3 is 1. The molecule has 0 spiro atoms. The highest BCUT2D eigenvalue weighted by atomic mass is 19.4. The van der Waals surface area contributed by atoms with Crippen molar-refractivity contribution in [3.05, 3.63) is 77.1 Å². The maximum atomic E-state index is 15.1. The summed E-state index contributed by atoms with van der Waals surface area (Å²) in [5, 5.41) is 9.01. The van der Waals surface area contributed by atoms with Gasteiger partial charge in [0, 0.05) is 6.07 Å². The molecule has 0 atom stereocenters. The van der Waals surface area contributed by atoms with Crippen molar-refractivity contribution in [3.8, 4) is 23.3 Å². The smallest absolute Gasteiger partial charge is 0.419 e. The minimum atomic E-state index is -5.12. The highest BCUT2D eigenvalue weighted by Gasteiger charge is 2.37. The Morgan fingerprint density at radius 3 is 2.27 bits per heavy atom. The lowest BCUT2D eigenvalue weighted by molar-refractivity contribution is -0.140. The minimum absolute atomic E-state index is 0.0261. The van der Waals surface area contributed by atoms with Gasteiger partial charge in [0.05, 0.1) is 23.9 Å². The molecule has 0 fully saturated rings. The van der Waals surface area contributed by atoms with Gasteiger partial charge in [0.1, 0.15) is 23.4 Å². The zero-order valence-corrected chi connectivity index (χ0v) is 16.6. The largest absolute Gasteiger partial charge is 0.493 e. The summed E-state index contributed by atoms with van der Waals surface area (Å²) < 4.78 is 92.8. The second-order valence-electron chi connectivity index (χ2n) is 6.42. The van der Waals surface area contributed by atoms with Gasteiger partial charge in [-0.2, -0.15) is 18.4 Å². The highest BCUT2D eigenvalue weighted by molar-refractivity contribution is 5.90. The molecule has 0 unspecified atom stereocenters. The van der Waals surface area contributed by atoms with Gasteiger partial charge < -0.3 is 9.47 Å². The molecule has 0 bridgehead atoms. The second kappa shape index (κ2) is 9.12. The monoisotopic (exact) mass is 466 g/mol. The van der Waals surface area contributed by atoms with Gasteiger partial charge in [-0.1, -0.05) is 0 Å². The summed E-state index contributed by atoms with van der Waals surface area (Å²) in [7, 11) is 1.18. The molecule has 0 aliphatic heterocycles. The van der Waals surface area contributed by atoms with Crippen molar-refractivity contribution in [3.63, 3.8) is 0 Å². The van der Waals surface area contributed by atoms with E-state index < -0.39 is 46.2 Å². The van der Waals surface area contributed by atoms with Crippen LogP contribution in [-0.2, 0) is 11.0 Å². The zero-order chi connectivity index (χ0) is 24.3. The van der Waals surface area contributed by atoms with Gasteiger partial charge in [-0.15, -0.1) is 0 Å². The molecular weight excluding hydrogens is 454 g/mol. The first-order valence-electron chi connectivity index (χ1n) is 8.96. The van der Waals surface area contributed by atoms with Crippen LogP contribution in [0.15, 0.2) is 48.5 Å². The molecule has 0 aliphatic carbocycles. The van der Waals surface area contributed by atoms with E-state index in [-0.39, 0.29) is 23.6 Å². The Hall–Kier alpha value is -4.20. The lowest BCUT2D eigenvalue weighted by Gasteiger charge is -2.24. The average Bonchev–Trinajstić information content (AvgIpc) is 2.77. The fraction of sp³-hybridized carbons (Fsp3) is 0.0909. The van der Waals surface area contributed by atoms with Crippen molar-refractivity contribution >= 4 is 17.8 Å². The van der Waals surface area contributed by atoms with Crippen molar-refractivity contribution in [1.82, 2.24) is 0 Å². The standard InChI is InChI=1S/C22H12F6N2O3/c1-32-19-9-13(23)2-6-17(19)33-18-7-4-15(22(26,27)28)20(25)21(18)30(11-31)14-3-5-16(24)12(8-14)10-29/h2-9,11H,1H3. The van der Waals surface area contributed by atoms with Crippen LogP contribution in [0, 0.1) is 28.8 Å². The molecule has 0 heterocycles.